The fraction of sp³-hybridized carbons (Fsp3) is 0.500. The molecule has 0 aliphatic heterocycles. The summed E-state index contributed by atoms with van der Waals surface area (Å²) in [6.07, 6.45) is 3.29. The van der Waals surface area contributed by atoms with E-state index in [9.17, 15) is 8.42 Å². The second-order valence-corrected chi connectivity index (χ2v) is 5.42. The van der Waals surface area contributed by atoms with Crippen LogP contribution in [0, 0.1) is 0 Å². The number of rotatable bonds is 6. The molecule has 1 atom stereocenters. The summed E-state index contributed by atoms with van der Waals surface area (Å²) >= 11 is 0. The van der Waals surface area contributed by atoms with Crippen molar-refractivity contribution in [2.45, 2.75) is 13.0 Å². The topological polar surface area (TPSA) is 71.1 Å². The molecule has 0 aliphatic rings. The third-order valence-electron chi connectivity index (χ3n) is 2.18. The molecule has 1 aromatic rings. The SMILES string of the molecule is CNCCS(=O)(=O)NC(C)c1ccncc1. The number of nitrogens with zero attached hydrogens (tertiary/aromatic N) is 1. The zero-order valence-electron chi connectivity index (χ0n) is 9.47. The molecule has 0 amide bonds. The molecule has 1 rings (SSSR count). The highest BCUT2D eigenvalue weighted by atomic mass is 32.2. The van der Waals surface area contributed by atoms with Crippen LogP contribution in [0.1, 0.15) is 18.5 Å². The Balaban J connectivity index is 2.61. The number of pyridine rings is 1. The predicted molar refractivity (Wildman–Crippen MR) is 63.5 cm³/mol. The summed E-state index contributed by atoms with van der Waals surface area (Å²) < 4.78 is 25.8. The van der Waals surface area contributed by atoms with Crippen molar-refractivity contribution in [2.75, 3.05) is 19.3 Å². The molecule has 0 bridgehead atoms. The van der Waals surface area contributed by atoms with Gasteiger partial charge in [0.2, 0.25) is 10.0 Å². The van der Waals surface area contributed by atoms with Gasteiger partial charge in [0.15, 0.2) is 0 Å². The lowest BCUT2D eigenvalue weighted by atomic mass is 10.1. The zero-order valence-corrected chi connectivity index (χ0v) is 10.3. The zero-order chi connectivity index (χ0) is 12.0. The maximum Gasteiger partial charge on any atom is 0.213 e. The average molecular weight is 243 g/mol. The summed E-state index contributed by atoms with van der Waals surface area (Å²) in [5, 5.41) is 2.81. The lowest BCUT2D eigenvalue weighted by molar-refractivity contribution is 0.564. The fourth-order valence-electron chi connectivity index (χ4n) is 1.28. The van der Waals surface area contributed by atoms with E-state index in [0.29, 0.717) is 6.54 Å². The van der Waals surface area contributed by atoms with Gasteiger partial charge in [0, 0.05) is 25.0 Å². The second kappa shape index (κ2) is 5.93. The van der Waals surface area contributed by atoms with Gasteiger partial charge in [-0.3, -0.25) is 4.98 Å². The van der Waals surface area contributed by atoms with Crippen LogP contribution in [0.4, 0.5) is 0 Å². The van der Waals surface area contributed by atoms with Gasteiger partial charge < -0.3 is 5.32 Å². The molecule has 0 saturated heterocycles. The minimum absolute atomic E-state index is 0.0823. The quantitative estimate of drug-likeness (QED) is 0.753. The van der Waals surface area contributed by atoms with Crippen molar-refractivity contribution in [3.05, 3.63) is 30.1 Å². The highest BCUT2D eigenvalue weighted by molar-refractivity contribution is 7.89. The van der Waals surface area contributed by atoms with Crippen molar-refractivity contribution < 1.29 is 8.42 Å². The fourth-order valence-corrected chi connectivity index (χ4v) is 2.55. The van der Waals surface area contributed by atoms with E-state index in [2.05, 4.69) is 15.0 Å². The van der Waals surface area contributed by atoms with Gasteiger partial charge in [-0.25, -0.2) is 13.1 Å². The van der Waals surface area contributed by atoms with E-state index in [1.807, 2.05) is 6.92 Å². The van der Waals surface area contributed by atoms with E-state index in [4.69, 9.17) is 0 Å². The van der Waals surface area contributed by atoms with Crippen LogP contribution in [0.5, 0.6) is 0 Å². The largest absolute Gasteiger partial charge is 0.319 e. The third-order valence-corrected chi connectivity index (χ3v) is 3.64. The first-order chi connectivity index (χ1) is 7.55. The molecule has 0 saturated carbocycles. The maximum atomic E-state index is 11.6. The van der Waals surface area contributed by atoms with Crippen LogP contribution >= 0.6 is 0 Å². The summed E-state index contributed by atoms with van der Waals surface area (Å²) in [6.45, 7) is 2.25. The molecule has 2 N–H and O–H groups in total. The van der Waals surface area contributed by atoms with E-state index >= 15 is 0 Å². The van der Waals surface area contributed by atoms with E-state index in [1.165, 1.54) is 0 Å². The normalized spacial score (nSPS) is 13.6. The minimum atomic E-state index is -3.22. The van der Waals surface area contributed by atoms with Gasteiger partial charge in [0.1, 0.15) is 0 Å². The molecule has 0 fully saturated rings. The molecular formula is C10H17N3O2S. The molecule has 1 heterocycles. The van der Waals surface area contributed by atoms with E-state index in [1.54, 1.807) is 31.6 Å². The number of hydrogen-bond donors (Lipinski definition) is 2. The van der Waals surface area contributed by atoms with Crippen LogP contribution in [0.25, 0.3) is 0 Å². The second-order valence-electron chi connectivity index (χ2n) is 3.54. The van der Waals surface area contributed by atoms with Crippen molar-refractivity contribution in [2.24, 2.45) is 0 Å². The Morgan fingerprint density at radius 1 is 1.38 bits per heavy atom. The number of hydrogen-bond acceptors (Lipinski definition) is 4. The molecule has 5 nitrogen and oxygen atoms in total. The van der Waals surface area contributed by atoms with Crippen molar-refractivity contribution in [1.29, 1.82) is 0 Å². The number of aromatic nitrogens is 1. The first-order valence-corrected chi connectivity index (χ1v) is 6.75. The van der Waals surface area contributed by atoms with Crippen LogP contribution in [0.2, 0.25) is 0 Å². The van der Waals surface area contributed by atoms with Crippen molar-refractivity contribution in [3.8, 4) is 0 Å². The highest BCUT2D eigenvalue weighted by Crippen LogP contribution is 2.11. The predicted octanol–water partition coefficient (Wildman–Crippen LogP) is 0.281. The molecule has 0 radical (unpaired) electrons. The summed E-state index contributed by atoms with van der Waals surface area (Å²) in [6, 6.07) is 3.36. The third kappa shape index (κ3) is 4.26. The summed E-state index contributed by atoms with van der Waals surface area (Å²) in [5.74, 6) is 0.0823. The Bertz CT molecular complexity index is 405. The molecule has 16 heavy (non-hydrogen) atoms. The van der Waals surface area contributed by atoms with E-state index < -0.39 is 10.0 Å². The van der Waals surface area contributed by atoms with Gasteiger partial charge in [-0.1, -0.05) is 0 Å². The standard InChI is InChI=1S/C10H17N3O2S/c1-9(10-3-5-12-6-4-10)13-16(14,15)8-7-11-2/h3-6,9,11,13H,7-8H2,1-2H3. The van der Waals surface area contributed by atoms with E-state index in [-0.39, 0.29) is 11.8 Å². The summed E-state index contributed by atoms with van der Waals surface area (Å²) in [5.41, 5.74) is 0.906. The van der Waals surface area contributed by atoms with E-state index in [0.717, 1.165) is 5.56 Å². The molecule has 1 aromatic heterocycles. The Morgan fingerprint density at radius 2 is 2.00 bits per heavy atom. The lowest BCUT2D eigenvalue weighted by Gasteiger charge is -2.14. The molecule has 90 valence electrons. The molecule has 6 heteroatoms. The van der Waals surface area contributed by atoms with Crippen LogP contribution < -0.4 is 10.0 Å². The van der Waals surface area contributed by atoms with Gasteiger partial charge >= 0.3 is 0 Å². The van der Waals surface area contributed by atoms with Crippen LogP contribution in [-0.4, -0.2) is 32.7 Å². The van der Waals surface area contributed by atoms with Crippen LogP contribution in [0.3, 0.4) is 0 Å². The maximum absolute atomic E-state index is 11.6. The Labute approximate surface area is 96.3 Å². The van der Waals surface area contributed by atoms with Crippen LogP contribution in [0.15, 0.2) is 24.5 Å². The summed E-state index contributed by atoms with van der Waals surface area (Å²) in [7, 11) is -1.50. The molecule has 0 spiro atoms. The molecular weight excluding hydrogens is 226 g/mol. The monoisotopic (exact) mass is 243 g/mol. The van der Waals surface area contributed by atoms with Crippen LogP contribution in [-0.2, 0) is 10.0 Å². The lowest BCUT2D eigenvalue weighted by Crippen LogP contribution is -2.32. The van der Waals surface area contributed by atoms with Gasteiger partial charge in [-0.2, -0.15) is 0 Å². The highest BCUT2D eigenvalue weighted by Gasteiger charge is 2.14. The smallest absolute Gasteiger partial charge is 0.213 e. The van der Waals surface area contributed by atoms with Crippen molar-refractivity contribution in [3.63, 3.8) is 0 Å². The number of sulfonamides is 1. The molecule has 0 aliphatic carbocycles. The Kier molecular flexibility index (Phi) is 4.85. The van der Waals surface area contributed by atoms with Gasteiger partial charge in [0.05, 0.1) is 5.75 Å². The minimum Gasteiger partial charge on any atom is -0.319 e. The first-order valence-electron chi connectivity index (χ1n) is 5.09. The van der Waals surface area contributed by atoms with Crippen molar-refractivity contribution in [1.82, 2.24) is 15.0 Å². The molecule has 0 aromatic carbocycles. The van der Waals surface area contributed by atoms with Gasteiger partial charge in [0.25, 0.3) is 0 Å². The Hall–Kier alpha value is -0.980. The van der Waals surface area contributed by atoms with Gasteiger partial charge in [-0.05, 0) is 31.7 Å². The summed E-state index contributed by atoms with van der Waals surface area (Å²) in [4.78, 5) is 3.89. The first kappa shape index (κ1) is 13.1. The average Bonchev–Trinajstić information content (AvgIpc) is 2.27. The Morgan fingerprint density at radius 3 is 2.56 bits per heavy atom. The van der Waals surface area contributed by atoms with Crippen molar-refractivity contribution >= 4 is 10.0 Å². The molecule has 1 unspecified atom stereocenters. The number of nitrogens with one attached hydrogen (secondary N) is 2. The van der Waals surface area contributed by atoms with Gasteiger partial charge in [-0.15, -0.1) is 0 Å².